The maximum Gasteiger partial charge on any atom is 0.243 e. The molecule has 0 aromatic heterocycles. The van der Waals surface area contributed by atoms with E-state index in [1.54, 1.807) is 6.92 Å². The molecule has 54 heavy (non-hydrogen) atoms. The second-order valence-corrected chi connectivity index (χ2v) is 15.7. The number of morpholine rings is 1. The Morgan fingerprint density at radius 3 is 1.81 bits per heavy atom. The van der Waals surface area contributed by atoms with Crippen LogP contribution in [0.3, 0.4) is 0 Å². The second kappa shape index (κ2) is 21.1. The number of epoxide rings is 1. The lowest BCUT2D eigenvalue weighted by Crippen LogP contribution is -2.59. The van der Waals surface area contributed by atoms with Crippen molar-refractivity contribution in [3.8, 4) is 0 Å². The largest absolute Gasteiger partial charge is 0.379 e. The number of nitrogens with one attached hydrogen (secondary N) is 4. The first kappa shape index (κ1) is 42.6. The molecule has 2 heterocycles. The fraction of sp³-hybridized carbons (Fsp3) is 0.595. The molecular formula is C42H61N5O7. The van der Waals surface area contributed by atoms with Crippen LogP contribution in [0.5, 0.6) is 0 Å². The minimum Gasteiger partial charge on any atom is -0.379 e. The van der Waals surface area contributed by atoms with E-state index in [1.165, 1.54) is 0 Å². The molecule has 0 aliphatic carbocycles. The van der Waals surface area contributed by atoms with Crippen molar-refractivity contribution in [2.75, 3.05) is 39.5 Å². The number of ether oxygens (including phenoxy) is 2. The van der Waals surface area contributed by atoms with Crippen molar-refractivity contribution < 1.29 is 33.4 Å². The molecule has 0 saturated carbocycles. The van der Waals surface area contributed by atoms with Gasteiger partial charge in [-0.2, -0.15) is 0 Å². The van der Waals surface area contributed by atoms with Gasteiger partial charge in [-0.25, -0.2) is 0 Å². The summed E-state index contributed by atoms with van der Waals surface area (Å²) in [6.45, 7) is 13.7. The van der Waals surface area contributed by atoms with E-state index in [0.29, 0.717) is 51.9 Å². The van der Waals surface area contributed by atoms with Crippen LogP contribution in [0.15, 0.2) is 60.7 Å². The Bertz CT molecular complexity index is 1510. The molecule has 296 valence electrons. The van der Waals surface area contributed by atoms with Gasteiger partial charge in [0.25, 0.3) is 0 Å². The first-order valence-corrected chi connectivity index (χ1v) is 19.6. The minimum atomic E-state index is -1.03. The standard InChI is InChI=1S/C42H61N5O7/c1-29(2)25-34(38(49)42(5)28-54-42)44-41(52)36(27-32-15-10-7-11-16-32)46-40(51)35(26-30(3)4)45-39(50)33(19-18-31-13-8-6-9-14-31)43-37(48)17-12-20-47-21-23-53-24-22-47/h6-11,13-16,29-30,33-36H,12,17-28H2,1-5H3,(H,43,48)(H,44,52)(H,45,50)(H,46,51)/t33-,34?,35?,36-,42+/m0/s1. The first-order chi connectivity index (χ1) is 25.8. The molecule has 5 atom stereocenters. The Morgan fingerprint density at radius 1 is 0.704 bits per heavy atom. The summed E-state index contributed by atoms with van der Waals surface area (Å²) in [6.07, 6.45) is 2.71. The van der Waals surface area contributed by atoms with Crippen molar-refractivity contribution in [1.82, 2.24) is 26.2 Å². The Morgan fingerprint density at radius 2 is 1.22 bits per heavy atom. The molecule has 2 saturated heterocycles. The van der Waals surface area contributed by atoms with Crippen molar-refractivity contribution in [3.63, 3.8) is 0 Å². The molecule has 12 heteroatoms. The lowest BCUT2D eigenvalue weighted by Gasteiger charge is -2.28. The number of aryl methyl sites for hydroxylation is 1. The number of carbonyl (C=O) groups is 5. The lowest BCUT2D eigenvalue weighted by molar-refractivity contribution is -0.135. The predicted octanol–water partition coefficient (Wildman–Crippen LogP) is 3.36. The van der Waals surface area contributed by atoms with Gasteiger partial charge < -0.3 is 30.7 Å². The maximum absolute atomic E-state index is 14.1. The number of hydrogen-bond donors (Lipinski definition) is 4. The molecular weight excluding hydrogens is 686 g/mol. The number of amides is 4. The molecule has 2 aromatic rings. The molecule has 4 amide bonds. The first-order valence-electron chi connectivity index (χ1n) is 19.6. The molecule has 4 N–H and O–H groups in total. The van der Waals surface area contributed by atoms with Crippen LogP contribution in [0.2, 0.25) is 0 Å². The molecule has 12 nitrogen and oxygen atoms in total. The van der Waals surface area contributed by atoms with Gasteiger partial charge in [0.05, 0.1) is 25.9 Å². The highest BCUT2D eigenvalue weighted by Crippen LogP contribution is 2.29. The van der Waals surface area contributed by atoms with E-state index < -0.39 is 47.5 Å². The lowest BCUT2D eigenvalue weighted by atomic mass is 9.93. The zero-order chi connectivity index (χ0) is 39.1. The molecule has 2 aromatic carbocycles. The van der Waals surface area contributed by atoms with E-state index in [2.05, 4.69) is 26.2 Å². The summed E-state index contributed by atoms with van der Waals surface area (Å²) in [5, 5.41) is 11.7. The average Bonchev–Trinajstić information content (AvgIpc) is 3.91. The molecule has 2 fully saturated rings. The second-order valence-electron chi connectivity index (χ2n) is 15.7. The van der Waals surface area contributed by atoms with Gasteiger partial charge in [-0.05, 0) is 68.5 Å². The van der Waals surface area contributed by atoms with Gasteiger partial charge in [0.15, 0.2) is 5.78 Å². The topological polar surface area (TPSA) is 158 Å². The SMILES string of the molecule is CC(C)CC(NC(=O)[C@H](CCc1ccccc1)NC(=O)CCCN1CCOCC1)C(=O)N[C@@H](Cc1ccccc1)C(=O)NC(CC(C)C)C(=O)[C@@]1(C)CO1. The Kier molecular flexibility index (Phi) is 16.6. The van der Waals surface area contributed by atoms with Crippen molar-refractivity contribution in [1.29, 1.82) is 0 Å². The van der Waals surface area contributed by atoms with Crippen LogP contribution in [0.4, 0.5) is 0 Å². The van der Waals surface area contributed by atoms with Gasteiger partial charge in [-0.3, -0.25) is 28.9 Å². The van der Waals surface area contributed by atoms with E-state index in [9.17, 15) is 24.0 Å². The number of Topliss-reactive ketones (excluding diaryl/α,β-unsaturated/α-hetero) is 1. The monoisotopic (exact) mass is 747 g/mol. The van der Waals surface area contributed by atoms with E-state index in [1.807, 2.05) is 88.4 Å². The van der Waals surface area contributed by atoms with E-state index in [-0.39, 0.29) is 36.4 Å². The molecule has 4 rings (SSSR count). The van der Waals surface area contributed by atoms with E-state index in [4.69, 9.17) is 9.47 Å². The number of ketones is 1. The molecule has 2 aliphatic rings. The highest BCUT2D eigenvalue weighted by atomic mass is 16.6. The number of carbonyl (C=O) groups excluding carboxylic acids is 5. The molecule has 0 spiro atoms. The highest BCUT2D eigenvalue weighted by Gasteiger charge is 2.50. The molecule has 2 aliphatic heterocycles. The summed E-state index contributed by atoms with van der Waals surface area (Å²) >= 11 is 0. The van der Waals surface area contributed by atoms with Crippen LogP contribution < -0.4 is 21.3 Å². The summed E-state index contributed by atoms with van der Waals surface area (Å²) in [5.74, 6) is -1.74. The number of benzene rings is 2. The van der Waals surface area contributed by atoms with Crippen LogP contribution in [-0.4, -0.2) is 104 Å². The van der Waals surface area contributed by atoms with Crippen LogP contribution in [0, 0.1) is 11.8 Å². The third-order valence-corrected chi connectivity index (χ3v) is 9.89. The smallest absolute Gasteiger partial charge is 0.243 e. The summed E-state index contributed by atoms with van der Waals surface area (Å²) in [5.41, 5.74) is 0.927. The van der Waals surface area contributed by atoms with Gasteiger partial charge in [0, 0.05) is 25.9 Å². The number of nitrogens with zero attached hydrogens (tertiary/aromatic N) is 1. The number of rotatable bonds is 22. The third kappa shape index (κ3) is 14.3. The fourth-order valence-electron chi connectivity index (χ4n) is 6.68. The molecule has 2 unspecified atom stereocenters. The van der Waals surface area contributed by atoms with Gasteiger partial charge >= 0.3 is 0 Å². The molecule has 0 radical (unpaired) electrons. The van der Waals surface area contributed by atoms with Crippen LogP contribution >= 0.6 is 0 Å². The summed E-state index contributed by atoms with van der Waals surface area (Å²) in [4.78, 5) is 70.9. The van der Waals surface area contributed by atoms with Gasteiger partial charge in [0.2, 0.25) is 23.6 Å². The van der Waals surface area contributed by atoms with Crippen molar-refractivity contribution in [2.45, 2.75) is 109 Å². The highest BCUT2D eigenvalue weighted by molar-refractivity contribution is 5.98. The zero-order valence-corrected chi connectivity index (χ0v) is 32.7. The number of hydrogen-bond acceptors (Lipinski definition) is 8. The Hall–Kier alpha value is -4.13. The quantitative estimate of drug-likeness (QED) is 0.134. The van der Waals surface area contributed by atoms with E-state index in [0.717, 1.165) is 30.8 Å². The zero-order valence-electron chi connectivity index (χ0n) is 32.7. The van der Waals surface area contributed by atoms with Crippen molar-refractivity contribution >= 4 is 29.4 Å². The van der Waals surface area contributed by atoms with Crippen LogP contribution in [-0.2, 0) is 46.3 Å². The van der Waals surface area contributed by atoms with Gasteiger partial charge in [-0.15, -0.1) is 0 Å². The van der Waals surface area contributed by atoms with Crippen molar-refractivity contribution in [3.05, 3.63) is 71.8 Å². The summed E-state index contributed by atoms with van der Waals surface area (Å²) < 4.78 is 10.8. The average molecular weight is 748 g/mol. The summed E-state index contributed by atoms with van der Waals surface area (Å²) in [7, 11) is 0. The Labute approximate surface area is 320 Å². The fourth-order valence-corrected chi connectivity index (χ4v) is 6.68. The van der Waals surface area contributed by atoms with Gasteiger partial charge in [0.1, 0.15) is 23.7 Å². The maximum atomic E-state index is 14.1. The van der Waals surface area contributed by atoms with Crippen molar-refractivity contribution in [2.24, 2.45) is 11.8 Å². The van der Waals surface area contributed by atoms with Crippen LogP contribution in [0.25, 0.3) is 0 Å². The third-order valence-electron chi connectivity index (χ3n) is 9.89. The predicted molar refractivity (Wildman–Crippen MR) is 207 cm³/mol. The van der Waals surface area contributed by atoms with Gasteiger partial charge in [-0.1, -0.05) is 88.4 Å². The van der Waals surface area contributed by atoms with Crippen LogP contribution in [0.1, 0.15) is 77.8 Å². The Balaban J connectivity index is 1.48. The molecule has 0 bridgehead atoms. The van der Waals surface area contributed by atoms with E-state index >= 15 is 0 Å². The summed E-state index contributed by atoms with van der Waals surface area (Å²) in [6, 6.07) is 15.4. The normalized spacial score (nSPS) is 19.3. The minimum absolute atomic E-state index is 0.0207.